The van der Waals surface area contributed by atoms with Gasteiger partial charge in [-0.25, -0.2) is 0 Å². The van der Waals surface area contributed by atoms with Crippen LogP contribution in [0.1, 0.15) is 47.0 Å². The van der Waals surface area contributed by atoms with E-state index in [0.29, 0.717) is 0 Å². The molecular weight excluding hydrogens is 330 g/mol. The van der Waals surface area contributed by atoms with E-state index < -0.39 is 0 Å². The smallest absolute Gasteiger partial charge is 0.0518 e. The molecule has 2 aliphatic heterocycles. The number of aryl methyl sites for hydroxylation is 3. The Kier molecular flexibility index (Phi) is 3.74. The number of benzene rings is 1. The summed E-state index contributed by atoms with van der Waals surface area (Å²) in [5.41, 5.74) is 10.3. The van der Waals surface area contributed by atoms with Gasteiger partial charge >= 0.3 is 0 Å². The van der Waals surface area contributed by atoms with Gasteiger partial charge in [-0.3, -0.25) is 4.98 Å². The maximum Gasteiger partial charge on any atom is 0.0518 e. The van der Waals surface area contributed by atoms with Gasteiger partial charge in [0.15, 0.2) is 0 Å². The molecule has 0 saturated carbocycles. The van der Waals surface area contributed by atoms with Gasteiger partial charge in [-0.15, -0.1) is 0 Å². The van der Waals surface area contributed by atoms with Crippen LogP contribution in [0.25, 0.3) is 10.9 Å². The monoisotopic (exact) mass is 359 g/mol. The summed E-state index contributed by atoms with van der Waals surface area (Å²) < 4.78 is 2.67. The van der Waals surface area contributed by atoms with Crippen LogP contribution in [-0.2, 0) is 31.3 Å². The van der Waals surface area contributed by atoms with Crippen LogP contribution in [-0.4, -0.2) is 28.0 Å². The van der Waals surface area contributed by atoms with Gasteiger partial charge in [-0.05, 0) is 74.0 Å². The van der Waals surface area contributed by atoms with Crippen molar-refractivity contribution in [3.05, 3.63) is 64.1 Å². The predicted molar refractivity (Wildman–Crippen MR) is 111 cm³/mol. The molecule has 5 rings (SSSR count). The zero-order valence-electron chi connectivity index (χ0n) is 17.0. The lowest BCUT2D eigenvalue weighted by Gasteiger charge is -2.30. The third kappa shape index (κ3) is 2.63. The Labute approximate surface area is 162 Å². The maximum absolute atomic E-state index is 4.43. The zero-order valence-corrected chi connectivity index (χ0v) is 17.0. The van der Waals surface area contributed by atoms with E-state index in [2.05, 4.69) is 66.5 Å². The summed E-state index contributed by atoms with van der Waals surface area (Å²) in [5, 5.41) is 1.50. The highest BCUT2D eigenvalue weighted by Gasteiger charge is 2.34. The van der Waals surface area contributed by atoms with Crippen molar-refractivity contribution >= 4 is 10.9 Å². The van der Waals surface area contributed by atoms with Crippen molar-refractivity contribution in [3.63, 3.8) is 0 Å². The highest BCUT2D eigenvalue weighted by Crippen LogP contribution is 2.42. The Hall–Kier alpha value is -2.13. The first-order valence-electron chi connectivity index (χ1n) is 10.2. The van der Waals surface area contributed by atoms with Gasteiger partial charge in [0.1, 0.15) is 0 Å². The SMILES string of the molecule is Cc1cc2c3c(c1)c1c(n3CCC(C)(c3ccnc(C)c3)C2)CCN(C)C1. The van der Waals surface area contributed by atoms with Crippen LogP contribution >= 0.6 is 0 Å². The summed E-state index contributed by atoms with van der Waals surface area (Å²) in [4.78, 5) is 6.89. The van der Waals surface area contributed by atoms with Crippen molar-refractivity contribution in [2.75, 3.05) is 13.6 Å². The highest BCUT2D eigenvalue weighted by atomic mass is 15.1. The average Bonchev–Trinajstić information content (AvgIpc) is 2.83. The standard InChI is InChI=1S/C24H29N3/c1-16-11-18-14-24(3,19-5-8-25-17(2)13-19)7-10-27-22-6-9-26(4)15-21(22)20(12-16)23(18)27/h5,8,11-13H,6-7,9-10,14-15H2,1-4H3. The van der Waals surface area contributed by atoms with Crippen molar-refractivity contribution in [1.29, 1.82) is 0 Å². The fourth-order valence-corrected chi connectivity index (χ4v) is 5.38. The summed E-state index contributed by atoms with van der Waals surface area (Å²) in [7, 11) is 2.25. The van der Waals surface area contributed by atoms with Crippen LogP contribution in [0, 0.1) is 13.8 Å². The summed E-state index contributed by atoms with van der Waals surface area (Å²) in [6.07, 6.45) is 5.43. The van der Waals surface area contributed by atoms with Crippen molar-refractivity contribution in [2.45, 2.75) is 58.5 Å². The molecule has 27 heavy (non-hydrogen) atoms. The Morgan fingerprint density at radius 3 is 2.78 bits per heavy atom. The molecule has 0 fully saturated rings. The van der Waals surface area contributed by atoms with Gasteiger partial charge in [0, 0.05) is 49.0 Å². The first-order chi connectivity index (χ1) is 12.9. The van der Waals surface area contributed by atoms with Crippen molar-refractivity contribution in [2.24, 2.45) is 0 Å². The van der Waals surface area contributed by atoms with Crippen molar-refractivity contribution < 1.29 is 0 Å². The van der Waals surface area contributed by atoms with E-state index in [1.54, 1.807) is 11.3 Å². The number of hydrogen-bond donors (Lipinski definition) is 0. The number of nitrogens with zero attached hydrogens (tertiary/aromatic N) is 3. The molecule has 4 heterocycles. The molecule has 2 aromatic heterocycles. The normalized spacial score (nSPS) is 22.7. The van der Waals surface area contributed by atoms with Crippen LogP contribution in [0.5, 0.6) is 0 Å². The summed E-state index contributed by atoms with van der Waals surface area (Å²) in [5.74, 6) is 0. The molecule has 0 saturated heterocycles. The summed E-state index contributed by atoms with van der Waals surface area (Å²) in [6.45, 7) is 10.2. The number of rotatable bonds is 1. The lowest BCUT2D eigenvalue weighted by molar-refractivity contribution is 0.307. The molecular formula is C24H29N3. The van der Waals surface area contributed by atoms with E-state index in [1.807, 2.05) is 6.20 Å². The van der Waals surface area contributed by atoms with Crippen LogP contribution in [0.3, 0.4) is 0 Å². The van der Waals surface area contributed by atoms with Gasteiger partial charge in [-0.2, -0.15) is 0 Å². The third-order valence-corrected chi connectivity index (χ3v) is 6.82. The molecule has 0 N–H and O–H groups in total. The molecule has 3 heteroatoms. The Balaban J connectivity index is 1.71. The molecule has 1 atom stereocenters. The summed E-state index contributed by atoms with van der Waals surface area (Å²) >= 11 is 0. The first kappa shape index (κ1) is 17.0. The van der Waals surface area contributed by atoms with E-state index in [9.17, 15) is 0 Å². The van der Waals surface area contributed by atoms with Crippen molar-refractivity contribution in [3.8, 4) is 0 Å². The predicted octanol–water partition coefficient (Wildman–Crippen LogP) is 4.55. The molecule has 0 aliphatic carbocycles. The highest BCUT2D eigenvalue weighted by molar-refractivity contribution is 5.89. The third-order valence-electron chi connectivity index (χ3n) is 6.82. The van der Waals surface area contributed by atoms with Gasteiger partial charge in [0.05, 0.1) is 5.52 Å². The number of likely N-dealkylation sites (N-methyl/N-ethyl adjacent to an activating group) is 1. The zero-order chi connectivity index (χ0) is 18.8. The minimum absolute atomic E-state index is 0.159. The molecule has 0 amide bonds. The molecule has 140 valence electrons. The quantitative estimate of drug-likeness (QED) is 0.636. The average molecular weight is 360 g/mol. The minimum Gasteiger partial charge on any atom is -0.344 e. The Bertz CT molecular complexity index is 1050. The lowest BCUT2D eigenvalue weighted by atomic mass is 9.75. The van der Waals surface area contributed by atoms with E-state index >= 15 is 0 Å². The van der Waals surface area contributed by atoms with Gasteiger partial charge in [0.2, 0.25) is 0 Å². The van der Waals surface area contributed by atoms with Gasteiger partial charge < -0.3 is 9.47 Å². The fourth-order valence-electron chi connectivity index (χ4n) is 5.38. The van der Waals surface area contributed by atoms with E-state index in [1.165, 1.54) is 47.0 Å². The topological polar surface area (TPSA) is 21.1 Å². The molecule has 2 aliphatic rings. The number of fused-ring (bicyclic) bond motifs is 3. The van der Waals surface area contributed by atoms with Crippen LogP contribution in [0.2, 0.25) is 0 Å². The summed E-state index contributed by atoms with van der Waals surface area (Å²) in [6, 6.07) is 9.38. The number of hydrogen-bond acceptors (Lipinski definition) is 2. The van der Waals surface area contributed by atoms with E-state index in [0.717, 1.165) is 25.2 Å². The fraction of sp³-hybridized carbons (Fsp3) is 0.458. The van der Waals surface area contributed by atoms with Gasteiger partial charge in [-0.1, -0.05) is 18.6 Å². The number of aromatic nitrogens is 2. The van der Waals surface area contributed by atoms with E-state index in [-0.39, 0.29) is 5.41 Å². The van der Waals surface area contributed by atoms with Crippen LogP contribution < -0.4 is 0 Å². The van der Waals surface area contributed by atoms with E-state index in [4.69, 9.17) is 0 Å². The Morgan fingerprint density at radius 2 is 1.96 bits per heavy atom. The molecule has 0 spiro atoms. The van der Waals surface area contributed by atoms with Crippen LogP contribution in [0.4, 0.5) is 0 Å². The molecule has 0 radical (unpaired) electrons. The minimum atomic E-state index is 0.159. The van der Waals surface area contributed by atoms with Crippen LogP contribution in [0.15, 0.2) is 30.5 Å². The molecule has 1 aromatic carbocycles. The van der Waals surface area contributed by atoms with Crippen molar-refractivity contribution in [1.82, 2.24) is 14.5 Å². The second-order valence-electron chi connectivity index (χ2n) is 9.06. The largest absolute Gasteiger partial charge is 0.344 e. The second-order valence-corrected chi connectivity index (χ2v) is 9.06. The Morgan fingerprint density at radius 1 is 1.11 bits per heavy atom. The molecule has 1 unspecified atom stereocenters. The maximum atomic E-state index is 4.43. The molecule has 3 nitrogen and oxygen atoms in total. The molecule has 3 aromatic rings. The molecule has 0 bridgehead atoms. The second kappa shape index (κ2) is 5.93. The lowest BCUT2D eigenvalue weighted by Crippen LogP contribution is -2.28. The first-order valence-corrected chi connectivity index (χ1v) is 10.2. The number of pyridine rings is 1. The van der Waals surface area contributed by atoms with Gasteiger partial charge in [0.25, 0.3) is 0 Å².